The first kappa shape index (κ1) is 20.4. The Morgan fingerprint density at radius 1 is 0.897 bits per heavy atom. The number of para-hydroxylation sites is 3. The molecule has 0 aromatic heterocycles. The van der Waals surface area contributed by atoms with Gasteiger partial charge in [-0.3, -0.25) is 9.59 Å². The van der Waals surface area contributed by atoms with Gasteiger partial charge in [-0.15, -0.1) is 0 Å². The zero-order valence-electron chi connectivity index (χ0n) is 16.2. The molecule has 0 saturated heterocycles. The van der Waals surface area contributed by atoms with Crippen molar-refractivity contribution in [3.8, 4) is 11.5 Å². The molecule has 0 aliphatic carbocycles. The number of rotatable bonds is 6. The summed E-state index contributed by atoms with van der Waals surface area (Å²) >= 11 is 6.14. The van der Waals surface area contributed by atoms with Crippen LogP contribution in [0, 0.1) is 13.8 Å². The van der Waals surface area contributed by atoms with E-state index in [1.165, 1.54) is 0 Å². The quantitative estimate of drug-likeness (QED) is 0.595. The molecule has 5 nitrogen and oxygen atoms in total. The van der Waals surface area contributed by atoms with Crippen molar-refractivity contribution in [3.05, 3.63) is 88.4 Å². The van der Waals surface area contributed by atoms with Gasteiger partial charge in [0.25, 0.3) is 5.91 Å². The molecule has 2 N–H and O–H groups in total. The average molecular weight is 409 g/mol. The lowest BCUT2D eigenvalue weighted by molar-refractivity contribution is -0.115. The summed E-state index contributed by atoms with van der Waals surface area (Å²) in [4.78, 5) is 24.6. The van der Waals surface area contributed by atoms with Crippen LogP contribution < -0.4 is 15.4 Å². The lowest BCUT2D eigenvalue weighted by atomic mass is 10.1. The molecule has 3 aromatic rings. The van der Waals surface area contributed by atoms with Crippen molar-refractivity contribution in [2.24, 2.45) is 0 Å². The van der Waals surface area contributed by atoms with E-state index < -0.39 is 0 Å². The predicted molar refractivity (Wildman–Crippen MR) is 115 cm³/mol. The van der Waals surface area contributed by atoms with E-state index in [9.17, 15) is 9.59 Å². The summed E-state index contributed by atoms with van der Waals surface area (Å²) in [6, 6.07) is 19.5. The molecule has 6 heteroatoms. The van der Waals surface area contributed by atoms with Crippen LogP contribution in [0.2, 0.25) is 5.02 Å². The number of ether oxygens (including phenoxy) is 1. The fourth-order valence-corrected chi connectivity index (χ4v) is 2.82. The first-order valence-corrected chi connectivity index (χ1v) is 9.48. The van der Waals surface area contributed by atoms with Crippen LogP contribution in [-0.2, 0) is 4.79 Å². The summed E-state index contributed by atoms with van der Waals surface area (Å²) in [5.74, 6) is 0.273. The number of carbonyl (C=O) groups is 2. The van der Waals surface area contributed by atoms with Crippen molar-refractivity contribution >= 4 is 29.1 Å². The average Bonchev–Trinajstić information content (AvgIpc) is 2.71. The molecule has 0 radical (unpaired) electrons. The van der Waals surface area contributed by atoms with Crippen LogP contribution in [0.25, 0.3) is 0 Å². The summed E-state index contributed by atoms with van der Waals surface area (Å²) in [7, 11) is 0. The molecule has 148 valence electrons. The molecule has 2 amide bonds. The van der Waals surface area contributed by atoms with Gasteiger partial charge in [-0.25, -0.2) is 0 Å². The van der Waals surface area contributed by atoms with E-state index in [0.29, 0.717) is 27.8 Å². The highest BCUT2D eigenvalue weighted by Crippen LogP contribution is 2.33. The molecule has 0 unspecified atom stereocenters. The van der Waals surface area contributed by atoms with Crippen LogP contribution in [0.1, 0.15) is 21.5 Å². The Morgan fingerprint density at radius 2 is 1.59 bits per heavy atom. The van der Waals surface area contributed by atoms with E-state index in [1.54, 1.807) is 54.6 Å². The van der Waals surface area contributed by atoms with Gasteiger partial charge in [0.05, 0.1) is 17.3 Å². The van der Waals surface area contributed by atoms with E-state index in [2.05, 4.69) is 10.6 Å². The Labute approximate surface area is 174 Å². The van der Waals surface area contributed by atoms with Gasteiger partial charge in [-0.2, -0.15) is 0 Å². The van der Waals surface area contributed by atoms with E-state index in [-0.39, 0.29) is 18.4 Å². The van der Waals surface area contributed by atoms with Crippen LogP contribution in [0.4, 0.5) is 5.69 Å². The van der Waals surface area contributed by atoms with Gasteiger partial charge in [0.15, 0.2) is 5.75 Å². The summed E-state index contributed by atoms with van der Waals surface area (Å²) in [5.41, 5.74) is 3.13. The highest BCUT2D eigenvalue weighted by Gasteiger charge is 2.12. The molecule has 0 spiro atoms. The third kappa shape index (κ3) is 5.36. The van der Waals surface area contributed by atoms with Crippen LogP contribution in [-0.4, -0.2) is 18.4 Å². The zero-order valence-corrected chi connectivity index (χ0v) is 16.9. The third-order valence-electron chi connectivity index (χ3n) is 4.40. The fraction of sp³-hybridized carbons (Fsp3) is 0.130. The van der Waals surface area contributed by atoms with Crippen LogP contribution in [0.15, 0.2) is 66.7 Å². The van der Waals surface area contributed by atoms with Crippen molar-refractivity contribution in [2.75, 3.05) is 11.9 Å². The minimum Gasteiger partial charge on any atom is -0.454 e. The van der Waals surface area contributed by atoms with Gasteiger partial charge in [0, 0.05) is 5.56 Å². The van der Waals surface area contributed by atoms with Crippen molar-refractivity contribution in [3.63, 3.8) is 0 Å². The topological polar surface area (TPSA) is 67.4 Å². The van der Waals surface area contributed by atoms with Gasteiger partial charge in [0.2, 0.25) is 5.91 Å². The molecule has 0 heterocycles. The van der Waals surface area contributed by atoms with Crippen molar-refractivity contribution < 1.29 is 14.3 Å². The molecule has 29 heavy (non-hydrogen) atoms. The number of anilines is 1. The maximum absolute atomic E-state index is 12.3. The van der Waals surface area contributed by atoms with E-state index >= 15 is 0 Å². The smallest absolute Gasteiger partial charge is 0.251 e. The molecule has 3 rings (SSSR count). The summed E-state index contributed by atoms with van der Waals surface area (Å²) in [6.07, 6.45) is 0. The molecule has 0 saturated carbocycles. The molecule has 3 aromatic carbocycles. The predicted octanol–water partition coefficient (Wildman–Crippen LogP) is 5.12. The van der Waals surface area contributed by atoms with Gasteiger partial charge in [-0.1, -0.05) is 41.9 Å². The Morgan fingerprint density at radius 3 is 2.31 bits per heavy atom. The van der Waals surface area contributed by atoms with Gasteiger partial charge < -0.3 is 15.4 Å². The van der Waals surface area contributed by atoms with Crippen molar-refractivity contribution in [2.45, 2.75) is 13.8 Å². The molecule has 0 atom stereocenters. The first-order valence-electron chi connectivity index (χ1n) is 9.11. The molecule has 0 bridgehead atoms. The minimum absolute atomic E-state index is 0.161. The Balaban J connectivity index is 1.63. The monoisotopic (exact) mass is 408 g/mol. The SMILES string of the molecule is Cc1ccc(C(=O)NCC(=O)Nc2ccccc2Oc2ccccc2Cl)cc1C. The largest absolute Gasteiger partial charge is 0.454 e. The fourth-order valence-electron chi connectivity index (χ4n) is 2.64. The first-order chi connectivity index (χ1) is 13.9. The van der Waals surface area contributed by atoms with Crippen LogP contribution in [0.3, 0.4) is 0 Å². The maximum atomic E-state index is 12.3. The van der Waals surface area contributed by atoms with Gasteiger partial charge >= 0.3 is 0 Å². The standard InChI is InChI=1S/C23H21ClN2O3/c1-15-11-12-17(13-16(15)2)23(28)25-14-22(27)26-19-8-4-6-10-21(19)29-20-9-5-3-7-18(20)24/h3-13H,14H2,1-2H3,(H,25,28)(H,26,27). The number of amides is 2. The number of aryl methyl sites for hydroxylation is 2. The van der Waals surface area contributed by atoms with Gasteiger partial charge in [-0.05, 0) is 61.4 Å². The molecular weight excluding hydrogens is 388 g/mol. The summed E-state index contributed by atoms with van der Waals surface area (Å²) < 4.78 is 5.83. The number of halogens is 1. The van der Waals surface area contributed by atoms with Crippen LogP contribution >= 0.6 is 11.6 Å². The minimum atomic E-state index is -0.364. The maximum Gasteiger partial charge on any atom is 0.251 e. The van der Waals surface area contributed by atoms with Crippen LogP contribution in [0.5, 0.6) is 11.5 Å². The summed E-state index contributed by atoms with van der Waals surface area (Å²) in [5, 5.41) is 5.85. The molecule has 0 aliphatic rings. The number of hydrogen-bond acceptors (Lipinski definition) is 3. The van der Waals surface area contributed by atoms with E-state index in [0.717, 1.165) is 11.1 Å². The van der Waals surface area contributed by atoms with Crippen molar-refractivity contribution in [1.82, 2.24) is 5.32 Å². The van der Waals surface area contributed by atoms with Gasteiger partial charge in [0.1, 0.15) is 5.75 Å². The molecule has 0 aliphatic heterocycles. The second kappa shape index (κ2) is 9.26. The second-order valence-electron chi connectivity index (χ2n) is 6.56. The summed E-state index contributed by atoms with van der Waals surface area (Å²) in [6.45, 7) is 3.76. The number of carbonyl (C=O) groups excluding carboxylic acids is 2. The second-order valence-corrected chi connectivity index (χ2v) is 6.97. The molecule has 0 fully saturated rings. The Hall–Kier alpha value is -3.31. The van der Waals surface area contributed by atoms with E-state index in [4.69, 9.17) is 16.3 Å². The third-order valence-corrected chi connectivity index (χ3v) is 4.71. The van der Waals surface area contributed by atoms with Crippen molar-refractivity contribution in [1.29, 1.82) is 0 Å². The molecular formula is C23H21ClN2O3. The highest BCUT2D eigenvalue weighted by atomic mass is 35.5. The highest BCUT2D eigenvalue weighted by molar-refractivity contribution is 6.32. The number of hydrogen-bond donors (Lipinski definition) is 2. The zero-order chi connectivity index (χ0) is 20.8. The lowest BCUT2D eigenvalue weighted by Gasteiger charge is -2.13. The Kier molecular flexibility index (Phi) is 6.52. The Bertz CT molecular complexity index is 1050. The number of nitrogens with one attached hydrogen (secondary N) is 2. The normalized spacial score (nSPS) is 10.3. The van der Waals surface area contributed by atoms with E-state index in [1.807, 2.05) is 26.0 Å². The number of benzene rings is 3. The lowest BCUT2D eigenvalue weighted by Crippen LogP contribution is -2.33.